The van der Waals surface area contributed by atoms with Crippen molar-refractivity contribution in [1.82, 2.24) is 0 Å². The molecule has 0 saturated carbocycles. The van der Waals surface area contributed by atoms with Crippen molar-refractivity contribution < 1.29 is 42.1 Å². The summed E-state index contributed by atoms with van der Waals surface area (Å²) in [5, 5.41) is 0. The first kappa shape index (κ1) is 21.5. The monoisotopic (exact) mass is 352 g/mol. The van der Waals surface area contributed by atoms with E-state index in [-0.39, 0.29) is 11.1 Å². The zero-order valence-corrected chi connectivity index (χ0v) is 14.4. The average Bonchev–Trinajstić information content (AvgIpc) is 2.50. The maximum absolute atomic E-state index is 12.4. The number of hydrogen-bond acceptors (Lipinski definition) is 9. The molecule has 0 spiro atoms. The summed E-state index contributed by atoms with van der Waals surface area (Å²) in [4.78, 5) is 22.4. The van der Waals surface area contributed by atoms with Crippen LogP contribution in [-0.4, -0.2) is 45.8 Å². The Bertz CT molecular complexity index is 500. The molecule has 0 fully saturated rings. The molecule has 0 aliphatic rings. The van der Waals surface area contributed by atoms with Crippen LogP contribution in [0.15, 0.2) is 24.3 Å². The molecular weight excluding hydrogens is 331 g/mol. The normalized spacial score (nSPS) is 14.4. The summed E-state index contributed by atoms with van der Waals surface area (Å²) < 4.78 is 41.2. The highest BCUT2D eigenvalue weighted by Crippen LogP contribution is 2.53. The van der Waals surface area contributed by atoms with Gasteiger partial charge in [0.05, 0.1) is 0 Å². The zero-order valence-electron chi connectivity index (χ0n) is 13.5. The van der Waals surface area contributed by atoms with Crippen molar-refractivity contribution in [2.75, 3.05) is 27.8 Å². The lowest BCUT2D eigenvalue weighted by atomic mass is 10.4. The van der Waals surface area contributed by atoms with Crippen molar-refractivity contribution in [3.05, 3.63) is 24.3 Å². The second kappa shape index (κ2) is 10.3. The summed E-state index contributed by atoms with van der Waals surface area (Å²) in [6.07, 6.45) is 0. The largest absolute Gasteiger partial charge is 0.435 e. The van der Waals surface area contributed by atoms with Crippen molar-refractivity contribution in [2.24, 2.45) is 0 Å². The molecule has 0 aromatic carbocycles. The predicted octanol–water partition coefficient (Wildman–Crippen LogP) is 1.94. The van der Waals surface area contributed by atoms with Gasteiger partial charge in [-0.05, 0) is 13.8 Å². The van der Waals surface area contributed by atoms with Crippen LogP contribution in [0.4, 0.5) is 0 Å². The van der Waals surface area contributed by atoms with E-state index in [0.717, 1.165) is 7.11 Å². The topological polar surface area (TPSA) is 107 Å². The molecule has 0 aromatic heterocycles. The highest BCUT2D eigenvalue weighted by Gasteiger charge is 2.37. The van der Waals surface area contributed by atoms with Gasteiger partial charge in [0.15, 0.2) is 6.79 Å². The third-order valence-corrected chi connectivity index (χ3v) is 4.09. The minimum atomic E-state index is -3.95. The number of carbonyl (C=O) groups excluding carboxylic acids is 2. The number of esters is 2. The minimum Gasteiger partial charge on any atom is -0.435 e. The fourth-order valence-corrected chi connectivity index (χ4v) is 2.13. The van der Waals surface area contributed by atoms with Crippen LogP contribution in [0.3, 0.4) is 0 Å². The van der Waals surface area contributed by atoms with E-state index in [4.69, 9.17) is 18.5 Å². The fourth-order valence-electron chi connectivity index (χ4n) is 1.03. The Morgan fingerprint density at radius 2 is 1.48 bits per heavy atom. The van der Waals surface area contributed by atoms with Gasteiger partial charge in [0.25, 0.3) is 6.03 Å². The molecule has 132 valence electrons. The van der Waals surface area contributed by atoms with E-state index in [0.29, 0.717) is 0 Å². The Kier molecular flexibility index (Phi) is 9.62. The van der Waals surface area contributed by atoms with E-state index in [1.807, 2.05) is 0 Å². The van der Waals surface area contributed by atoms with Gasteiger partial charge in [0.1, 0.15) is 0 Å². The maximum Gasteiger partial charge on any atom is 0.389 e. The van der Waals surface area contributed by atoms with Crippen LogP contribution in [-0.2, 0) is 42.1 Å². The molecule has 9 nitrogen and oxygen atoms in total. The molecule has 0 rings (SSSR count). The van der Waals surface area contributed by atoms with Crippen LogP contribution in [0.1, 0.15) is 13.8 Å². The van der Waals surface area contributed by atoms with Gasteiger partial charge in [-0.25, -0.2) is 9.59 Å². The molecule has 0 heterocycles. The molecule has 0 amide bonds. The molecule has 0 saturated heterocycles. The SMILES string of the molecule is C=C(C)C(=O)OCOC(OC)P(=O)(OC)OCOC(=O)C(=C)C. The highest BCUT2D eigenvalue weighted by atomic mass is 31.2. The molecule has 0 N–H and O–H groups in total. The Hall–Kier alpha value is -1.51. The van der Waals surface area contributed by atoms with Gasteiger partial charge in [-0.15, -0.1) is 0 Å². The van der Waals surface area contributed by atoms with Crippen molar-refractivity contribution in [3.8, 4) is 0 Å². The molecule has 0 aromatic rings. The van der Waals surface area contributed by atoms with Gasteiger partial charge in [0, 0.05) is 25.4 Å². The fraction of sp³-hybridized carbons (Fsp3) is 0.538. The van der Waals surface area contributed by atoms with Gasteiger partial charge in [-0.1, -0.05) is 13.2 Å². The first-order valence-corrected chi connectivity index (χ1v) is 7.88. The van der Waals surface area contributed by atoms with Gasteiger partial charge < -0.3 is 23.5 Å². The van der Waals surface area contributed by atoms with Crippen LogP contribution in [0, 0.1) is 0 Å². The van der Waals surface area contributed by atoms with Gasteiger partial charge in [0.2, 0.25) is 6.79 Å². The molecule has 10 heteroatoms. The number of ether oxygens (including phenoxy) is 4. The van der Waals surface area contributed by atoms with Crippen LogP contribution < -0.4 is 0 Å². The number of methoxy groups -OCH3 is 1. The first-order valence-electron chi connectivity index (χ1n) is 6.27. The van der Waals surface area contributed by atoms with Gasteiger partial charge >= 0.3 is 19.5 Å². The van der Waals surface area contributed by atoms with Crippen molar-refractivity contribution >= 4 is 19.5 Å². The Morgan fingerprint density at radius 1 is 1.00 bits per heavy atom. The smallest absolute Gasteiger partial charge is 0.389 e. The van der Waals surface area contributed by atoms with Crippen LogP contribution in [0.2, 0.25) is 0 Å². The van der Waals surface area contributed by atoms with Crippen LogP contribution in [0.25, 0.3) is 0 Å². The summed E-state index contributed by atoms with van der Waals surface area (Å²) >= 11 is 0. The Balaban J connectivity index is 4.57. The quantitative estimate of drug-likeness (QED) is 0.239. The lowest BCUT2D eigenvalue weighted by Crippen LogP contribution is -2.22. The average molecular weight is 352 g/mol. The van der Waals surface area contributed by atoms with E-state index in [9.17, 15) is 14.2 Å². The summed E-state index contributed by atoms with van der Waals surface area (Å²) in [6.45, 7) is 8.43. The van der Waals surface area contributed by atoms with Gasteiger partial charge in [-0.3, -0.25) is 9.09 Å². The predicted molar refractivity (Wildman–Crippen MR) is 79.1 cm³/mol. The molecule has 0 aliphatic carbocycles. The number of carbonyl (C=O) groups is 2. The summed E-state index contributed by atoms with van der Waals surface area (Å²) in [5.74, 6) is -1.42. The number of rotatable bonds is 11. The van der Waals surface area contributed by atoms with E-state index < -0.39 is 39.2 Å². The maximum atomic E-state index is 12.4. The zero-order chi connectivity index (χ0) is 18.0. The van der Waals surface area contributed by atoms with E-state index in [1.165, 1.54) is 21.0 Å². The molecule has 2 unspecified atom stereocenters. The molecule has 23 heavy (non-hydrogen) atoms. The standard InChI is InChI=1S/C13H21O9P/c1-9(2)11(14)19-7-21-13(17-5)23(16,18-6)22-8-20-12(15)10(3)4/h13H,1,3,7-8H2,2,4-6H3. The molecule has 0 radical (unpaired) electrons. The summed E-state index contributed by atoms with van der Waals surface area (Å²) in [6, 6.07) is -1.49. The lowest BCUT2D eigenvalue weighted by Gasteiger charge is -2.23. The third-order valence-electron chi connectivity index (χ3n) is 2.23. The van der Waals surface area contributed by atoms with Gasteiger partial charge in [-0.2, -0.15) is 0 Å². The minimum absolute atomic E-state index is 0.145. The van der Waals surface area contributed by atoms with Crippen molar-refractivity contribution in [2.45, 2.75) is 19.9 Å². The summed E-state index contributed by atoms with van der Waals surface area (Å²) in [7, 11) is -1.67. The summed E-state index contributed by atoms with van der Waals surface area (Å²) in [5.41, 5.74) is 0.313. The molecule has 0 aliphatic heterocycles. The highest BCUT2D eigenvalue weighted by molar-refractivity contribution is 7.54. The van der Waals surface area contributed by atoms with Crippen molar-refractivity contribution in [1.29, 1.82) is 0 Å². The van der Waals surface area contributed by atoms with E-state index in [1.54, 1.807) is 0 Å². The third kappa shape index (κ3) is 7.54. The molecule has 0 bridgehead atoms. The van der Waals surface area contributed by atoms with Crippen molar-refractivity contribution in [3.63, 3.8) is 0 Å². The number of hydrogen-bond donors (Lipinski definition) is 0. The van der Waals surface area contributed by atoms with E-state index >= 15 is 0 Å². The van der Waals surface area contributed by atoms with E-state index in [2.05, 4.69) is 22.6 Å². The van der Waals surface area contributed by atoms with Crippen LogP contribution >= 0.6 is 7.60 Å². The first-order chi connectivity index (χ1) is 10.7. The molecule has 2 atom stereocenters. The Morgan fingerprint density at radius 3 is 1.87 bits per heavy atom. The lowest BCUT2D eigenvalue weighted by molar-refractivity contribution is -0.174. The second-order valence-corrected chi connectivity index (χ2v) is 6.35. The van der Waals surface area contributed by atoms with Crippen LogP contribution in [0.5, 0.6) is 0 Å². The Labute approximate surface area is 134 Å². The molecular formula is C13H21O9P. The second-order valence-electron chi connectivity index (χ2n) is 4.22.